The third kappa shape index (κ3) is 4.28. The normalized spacial score (nSPS) is 10.9. The molecule has 0 spiro atoms. The Morgan fingerprint density at radius 1 is 1.00 bits per heavy atom. The number of carbonyl (C=O) groups is 1. The lowest BCUT2D eigenvalue weighted by Gasteiger charge is -2.16. The summed E-state index contributed by atoms with van der Waals surface area (Å²) in [6.45, 7) is 4.09. The minimum atomic E-state index is -0.297. The molecule has 0 amide bonds. The number of benzene rings is 3. The first-order valence-electron chi connectivity index (χ1n) is 10.0. The second kappa shape index (κ2) is 9.34. The Hall–Kier alpha value is -3.48. The van der Waals surface area contributed by atoms with Gasteiger partial charge in [0, 0.05) is 11.1 Å². The third-order valence-corrected chi connectivity index (χ3v) is 5.67. The standard InChI is InChI=1S/C25H21ClN2O4/c1-15-18(14-31-23-10-9-17(12-29)11-22(23)26)5-3-6-19(15)20-7-4-8-21(16(20)2)25-28-27-24(13-30)32-25/h3-12,30H,13-14H2,1-2H3. The molecule has 0 saturated heterocycles. The number of carbonyl (C=O) groups excluding carboxylic acids is 1. The van der Waals surface area contributed by atoms with Crippen LogP contribution in [0.25, 0.3) is 22.6 Å². The van der Waals surface area contributed by atoms with Crippen LogP contribution in [0.15, 0.2) is 59.0 Å². The summed E-state index contributed by atoms with van der Waals surface area (Å²) in [4.78, 5) is 10.9. The van der Waals surface area contributed by atoms with Gasteiger partial charge in [0.05, 0.1) is 5.02 Å². The van der Waals surface area contributed by atoms with Crippen molar-refractivity contribution in [2.45, 2.75) is 27.1 Å². The molecule has 0 saturated carbocycles. The van der Waals surface area contributed by atoms with Crippen LogP contribution in [-0.4, -0.2) is 21.6 Å². The summed E-state index contributed by atoms with van der Waals surface area (Å²) in [6, 6.07) is 16.9. The van der Waals surface area contributed by atoms with Gasteiger partial charge in [0.15, 0.2) is 0 Å². The summed E-state index contributed by atoms with van der Waals surface area (Å²) in [5.74, 6) is 1.08. The molecule has 4 aromatic rings. The maximum atomic E-state index is 10.9. The van der Waals surface area contributed by atoms with Crippen LogP contribution in [0.1, 0.15) is 32.9 Å². The highest BCUT2D eigenvalue weighted by atomic mass is 35.5. The van der Waals surface area contributed by atoms with E-state index in [0.29, 0.717) is 28.8 Å². The molecule has 0 radical (unpaired) electrons. The van der Waals surface area contributed by atoms with Crippen LogP contribution >= 0.6 is 11.6 Å². The fourth-order valence-electron chi connectivity index (χ4n) is 3.58. The molecule has 1 aromatic heterocycles. The van der Waals surface area contributed by atoms with Gasteiger partial charge in [0.1, 0.15) is 25.2 Å². The zero-order chi connectivity index (χ0) is 22.7. The Morgan fingerprint density at radius 2 is 1.72 bits per heavy atom. The first kappa shape index (κ1) is 21.7. The highest BCUT2D eigenvalue weighted by Crippen LogP contribution is 2.34. The van der Waals surface area contributed by atoms with Crippen molar-refractivity contribution in [1.29, 1.82) is 0 Å². The van der Waals surface area contributed by atoms with Gasteiger partial charge in [0.2, 0.25) is 11.8 Å². The topological polar surface area (TPSA) is 85.5 Å². The molecular weight excluding hydrogens is 428 g/mol. The van der Waals surface area contributed by atoms with E-state index in [4.69, 9.17) is 20.8 Å². The second-order valence-electron chi connectivity index (χ2n) is 7.32. The summed E-state index contributed by atoms with van der Waals surface area (Å²) in [5.41, 5.74) is 6.52. The minimum absolute atomic E-state index is 0.181. The van der Waals surface area contributed by atoms with E-state index >= 15 is 0 Å². The maximum Gasteiger partial charge on any atom is 0.248 e. The molecule has 3 aromatic carbocycles. The van der Waals surface area contributed by atoms with Crippen molar-refractivity contribution in [1.82, 2.24) is 10.2 Å². The van der Waals surface area contributed by atoms with E-state index in [1.807, 2.05) is 44.2 Å². The quantitative estimate of drug-likeness (QED) is 0.372. The monoisotopic (exact) mass is 448 g/mol. The molecule has 32 heavy (non-hydrogen) atoms. The number of aliphatic hydroxyl groups excluding tert-OH is 1. The number of nitrogens with zero attached hydrogens (tertiary/aromatic N) is 2. The molecule has 0 fully saturated rings. The SMILES string of the molecule is Cc1c(COc2ccc(C=O)cc2Cl)cccc1-c1cccc(-c2nnc(CO)o2)c1C. The second-order valence-corrected chi connectivity index (χ2v) is 7.73. The smallest absolute Gasteiger partial charge is 0.248 e. The highest BCUT2D eigenvalue weighted by Gasteiger charge is 2.16. The number of aldehydes is 1. The van der Waals surface area contributed by atoms with E-state index in [-0.39, 0.29) is 12.5 Å². The van der Waals surface area contributed by atoms with Gasteiger partial charge in [-0.15, -0.1) is 10.2 Å². The van der Waals surface area contributed by atoms with Crippen molar-refractivity contribution < 1.29 is 19.1 Å². The summed E-state index contributed by atoms with van der Waals surface area (Å²) in [5, 5.41) is 17.5. The molecule has 0 aliphatic rings. The summed E-state index contributed by atoms with van der Waals surface area (Å²) in [7, 11) is 0. The number of ether oxygens (including phenoxy) is 1. The minimum Gasteiger partial charge on any atom is -0.487 e. The Balaban J connectivity index is 1.64. The molecule has 4 rings (SSSR count). The van der Waals surface area contributed by atoms with Crippen LogP contribution in [-0.2, 0) is 13.2 Å². The molecule has 0 unspecified atom stereocenters. The van der Waals surface area contributed by atoms with E-state index in [2.05, 4.69) is 16.3 Å². The first-order chi connectivity index (χ1) is 15.5. The number of rotatable bonds is 7. The van der Waals surface area contributed by atoms with Gasteiger partial charge < -0.3 is 14.3 Å². The average molecular weight is 449 g/mol. The zero-order valence-electron chi connectivity index (χ0n) is 17.6. The molecule has 1 N–H and O–H groups in total. The van der Waals surface area contributed by atoms with Crippen LogP contribution in [0, 0.1) is 13.8 Å². The molecule has 1 heterocycles. The lowest BCUT2D eigenvalue weighted by atomic mass is 9.91. The van der Waals surface area contributed by atoms with Gasteiger partial charge in [0.25, 0.3) is 0 Å². The van der Waals surface area contributed by atoms with E-state index in [1.54, 1.807) is 18.2 Å². The number of hydrogen-bond acceptors (Lipinski definition) is 6. The molecule has 6 nitrogen and oxygen atoms in total. The largest absolute Gasteiger partial charge is 0.487 e. The summed E-state index contributed by atoms with van der Waals surface area (Å²) < 4.78 is 11.5. The van der Waals surface area contributed by atoms with Crippen LogP contribution in [0.3, 0.4) is 0 Å². The van der Waals surface area contributed by atoms with Crippen molar-refractivity contribution in [3.63, 3.8) is 0 Å². The van der Waals surface area contributed by atoms with E-state index in [0.717, 1.165) is 39.7 Å². The van der Waals surface area contributed by atoms with Gasteiger partial charge >= 0.3 is 0 Å². The lowest BCUT2D eigenvalue weighted by molar-refractivity contribution is 0.112. The van der Waals surface area contributed by atoms with Gasteiger partial charge in [-0.1, -0.05) is 41.9 Å². The molecule has 162 valence electrons. The van der Waals surface area contributed by atoms with Gasteiger partial charge in [-0.3, -0.25) is 4.79 Å². The molecule has 7 heteroatoms. The van der Waals surface area contributed by atoms with Crippen LogP contribution < -0.4 is 4.74 Å². The number of aliphatic hydroxyl groups is 1. The highest BCUT2D eigenvalue weighted by molar-refractivity contribution is 6.32. The number of aromatic nitrogens is 2. The predicted octanol–water partition coefficient (Wildman–Crippen LogP) is 5.56. The molecule has 0 aliphatic heterocycles. The zero-order valence-corrected chi connectivity index (χ0v) is 18.4. The Bertz CT molecular complexity index is 1280. The Labute approximate surface area is 190 Å². The van der Waals surface area contributed by atoms with E-state index in [1.165, 1.54) is 0 Å². The van der Waals surface area contributed by atoms with Crippen molar-refractivity contribution in [3.8, 4) is 28.3 Å². The van der Waals surface area contributed by atoms with Gasteiger partial charge in [-0.05, 0) is 65.9 Å². The van der Waals surface area contributed by atoms with E-state index in [9.17, 15) is 9.90 Å². The van der Waals surface area contributed by atoms with Crippen molar-refractivity contribution in [2.24, 2.45) is 0 Å². The average Bonchev–Trinajstić information content (AvgIpc) is 3.28. The fourth-order valence-corrected chi connectivity index (χ4v) is 3.82. The fraction of sp³-hybridized carbons (Fsp3) is 0.160. The van der Waals surface area contributed by atoms with Gasteiger partial charge in [-0.2, -0.15) is 0 Å². The predicted molar refractivity (Wildman–Crippen MR) is 122 cm³/mol. The Kier molecular flexibility index (Phi) is 6.35. The van der Waals surface area contributed by atoms with Crippen LogP contribution in [0.4, 0.5) is 0 Å². The lowest BCUT2D eigenvalue weighted by Crippen LogP contribution is -2.01. The van der Waals surface area contributed by atoms with Crippen molar-refractivity contribution in [2.75, 3.05) is 0 Å². The summed E-state index contributed by atoms with van der Waals surface area (Å²) in [6.07, 6.45) is 0.749. The van der Waals surface area contributed by atoms with Crippen LogP contribution in [0.2, 0.25) is 5.02 Å². The van der Waals surface area contributed by atoms with Gasteiger partial charge in [-0.25, -0.2) is 0 Å². The van der Waals surface area contributed by atoms with Crippen LogP contribution in [0.5, 0.6) is 5.75 Å². The molecule has 0 bridgehead atoms. The number of hydrogen-bond donors (Lipinski definition) is 1. The Morgan fingerprint density at radius 3 is 2.41 bits per heavy atom. The first-order valence-corrected chi connectivity index (χ1v) is 10.4. The third-order valence-electron chi connectivity index (χ3n) is 5.38. The molecule has 0 aliphatic carbocycles. The van der Waals surface area contributed by atoms with Crippen molar-refractivity contribution >= 4 is 17.9 Å². The molecule has 0 atom stereocenters. The number of halogens is 1. The molecular formula is C25H21ClN2O4. The van der Waals surface area contributed by atoms with Crippen molar-refractivity contribution in [3.05, 3.63) is 87.8 Å². The maximum absolute atomic E-state index is 10.9. The van der Waals surface area contributed by atoms with E-state index < -0.39 is 0 Å². The summed E-state index contributed by atoms with van der Waals surface area (Å²) >= 11 is 6.23.